The van der Waals surface area contributed by atoms with Crippen molar-refractivity contribution >= 4 is 34.6 Å². The zero-order chi connectivity index (χ0) is 21.8. The van der Waals surface area contributed by atoms with E-state index in [4.69, 9.17) is 22.1 Å². The molecule has 3 aromatic carbocycles. The van der Waals surface area contributed by atoms with E-state index in [0.29, 0.717) is 28.0 Å². The third-order valence-corrected chi connectivity index (χ3v) is 4.73. The lowest BCUT2D eigenvalue weighted by molar-refractivity contribution is -0.119. The molecular formula is C23H17ClN4O3. The second-order valence-electron chi connectivity index (χ2n) is 6.62. The number of rotatable bonds is 6. The minimum absolute atomic E-state index is 0.272. The average Bonchev–Trinajstić information content (AvgIpc) is 2.78. The summed E-state index contributed by atoms with van der Waals surface area (Å²) in [6.07, 6.45) is 1.51. The summed E-state index contributed by atoms with van der Waals surface area (Å²) in [4.78, 5) is 28.7. The van der Waals surface area contributed by atoms with E-state index in [1.54, 1.807) is 36.4 Å². The molecule has 4 aromatic rings. The van der Waals surface area contributed by atoms with Crippen LogP contribution in [0.15, 0.2) is 82.7 Å². The number of hydrogen-bond acceptors (Lipinski definition) is 5. The van der Waals surface area contributed by atoms with E-state index in [2.05, 4.69) is 10.1 Å². The lowest BCUT2D eigenvalue weighted by Gasteiger charge is -2.09. The van der Waals surface area contributed by atoms with Crippen LogP contribution in [0.1, 0.15) is 5.56 Å². The molecule has 0 saturated carbocycles. The Morgan fingerprint density at radius 3 is 2.58 bits per heavy atom. The highest BCUT2D eigenvalue weighted by Gasteiger charge is 2.12. The summed E-state index contributed by atoms with van der Waals surface area (Å²) in [5, 5.41) is 5.15. The van der Waals surface area contributed by atoms with Gasteiger partial charge in [0.25, 0.3) is 11.5 Å². The molecule has 1 heterocycles. The average molecular weight is 433 g/mol. The predicted molar refractivity (Wildman–Crippen MR) is 121 cm³/mol. The van der Waals surface area contributed by atoms with Gasteiger partial charge in [-0.15, -0.1) is 0 Å². The topological polar surface area (TPSA) is 99.6 Å². The molecule has 1 amide bonds. The number of primary amides is 1. The van der Waals surface area contributed by atoms with Gasteiger partial charge in [0.1, 0.15) is 5.75 Å². The number of para-hydroxylation sites is 1. The smallest absolute Gasteiger partial charge is 0.282 e. The number of aromatic nitrogens is 2. The maximum absolute atomic E-state index is 13.1. The maximum Gasteiger partial charge on any atom is 0.282 e. The molecule has 0 saturated heterocycles. The van der Waals surface area contributed by atoms with Gasteiger partial charge in [0.05, 0.1) is 22.1 Å². The first-order valence-electron chi connectivity index (χ1n) is 9.35. The van der Waals surface area contributed by atoms with Crippen LogP contribution in [0.3, 0.4) is 0 Å². The highest BCUT2D eigenvalue weighted by Crippen LogP contribution is 2.25. The van der Waals surface area contributed by atoms with Crippen LogP contribution in [0.25, 0.3) is 22.3 Å². The second kappa shape index (κ2) is 8.81. The quantitative estimate of drug-likeness (QED) is 0.471. The van der Waals surface area contributed by atoms with Crippen LogP contribution in [-0.2, 0) is 4.79 Å². The van der Waals surface area contributed by atoms with E-state index in [-0.39, 0.29) is 17.2 Å². The van der Waals surface area contributed by atoms with Crippen LogP contribution in [0.4, 0.5) is 0 Å². The summed E-state index contributed by atoms with van der Waals surface area (Å²) in [6.45, 7) is -0.272. The number of benzene rings is 3. The number of carbonyl (C=O) groups excluding carboxylic acids is 1. The largest absolute Gasteiger partial charge is 0.482 e. The molecule has 0 fully saturated rings. The first-order valence-corrected chi connectivity index (χ1v) is 9.73. The minimum Gasteiger partial charge on any atom is -0.482 e. The predicted octanol–water partition coefficient (Wildman–Crippen LogP) is 3.46. The van der Waals surface area contributed by atoms with Gasteiger partial charge in [0, 0.05) is 5.56 Å². The number of fused-ring (bicyclic) bond motifs is 1. The Bertz CT molecular complexity index is 1350. The van der Waals surface area contributed by atoms with Gasteiger partial charge >= 0.3 is 0 Å². The Morgan fingerprint density at radius 1 is 1.10 bits per heavy atom. The van der Waals surface area contributed by atoms with E-state index in [1.165, 1.54) is 10.9 Å². The van der Waals surface area contributed by atoms with Gasteiger partial charge in [-0.25, -0.2) is 4.98 Å². The summed E-state index contributed by atoms with van der Waals surface area (Å²) in [7, 11) is 0. The molecule has 8 heteroatoms. The van der Waals surface area contributed by atoms with Crippen molar-refractivity contribution in [3.05, 3.63) is 93.7 Å². The van der Waals surface area contributed by atoms with E-state index in [0.717, 1.165) is 5.56 Å². The number of carbonyl (C=O) groups is 1. The monoisotopic (exact) mass is 432 g/mol. The molecule has 0 atom stereocenters. The van der Waals surface area contributed by atoms with Crippen LogP contribution < -0.4 is 16.0 Å². The van der Waals surface area contributed by atoms with E-state index in [9.17, 15) is 9.59 Å². The summed E-state index contributed by atoms with van der Waals surface area (Å²) in [5.41, 5.74) is 6.79. The van der Waals surface area contributed by atoms with Gasteiger partial charge in [-0.2, -0.15) is 9.78 Å². The SMILES string of the molecule is NC(=O)COc1ccc(C=Nn2c(-c3ccccc3)nc3ccccc3c2=O)cc1Cl. The van der Waals surface area contributed by atoms with Gasteiger partial charge in [0.2, 0.25) is 0 Å². The van der Waals surface area contributed by atoms with Gasteiger partial charge < -0.3 is 10.5 Å². The summed E-state index contributed by atoms with van der Waals surface area (Å²) in [6, 6.07) is 21.4. The van der Waals surface area contributed by atoms with Crippen molar-refractivity contribution in [1.82, 2.24) is 9.66 Å². The molecule has 31 heavy (non-hydrogen) atoms. The van der Waals surface area contributed by atoms with Crippen LogP contribution in [0.2, 0.25) is 5.02 Å². The molecule has 0 aliphatic carbocycles. The molecule has 0 aliphatic rings. The maximum atomic E-state index is 13.1. The number of amides is 1. The van der Waals surface area contributed by atoms with Crippen LogP contribution >= 0.6 is 11.6 Å². The number of nitrogens with two attached hydrogens (primary N) is 1. The molecule has 1 aromatic heterocycles. The number of nitrogens with zero attached hydrogens (tertiary/aromatic N) is 3. The molecule has 0 bridgehead atoms. The molecule has 0 unspecified atom stereocenters. The molecule has 0 aliphatic heterocycles. The summed E-state index contributed by atoms with van der Waals surface area (Å²) >= 11 is 6.21. The highest BCUT2D eigenvalue weighted by atomic mass is 35.5. The zero-order valence-corrected chi connectivity index (χ0v) is 17.0. The Labute approximate surface area is 182 Å². The molecule has 154 valence electrons. The summed E-state index contributed by atoms with van der Waals surface area (Å²) < 4.78 is 6.51. The lowest BCUT2D eigenvalue weighted by Crippen LogP contribution is -2.20. The Kier molecular flexibility index (Phi) is 5.77. The van der Waals surface area contributed by atoms with Crippen molar-refractivity contribution in [2.45, 2.75) is 0 Å². The zero-order valence-electron chi connectivity index (χ0n) is 16.2. The van der Waals surface area contributed by atoms with Crippen molar-refractivity contribution < 1.29 is 9.53 Å². The van der Waals surface area contributed by atoms with Crippen molar-refractivity contribution in [2.24, 2.45) is 10.8 Å². The Balaban J connectivity index is 1.76. The van der Waals surface area contributed by atoms with Gasteiger partial charge in [0.15, 0.2) is 12.4 Å². The molecule has 0 spiro atoms. The standard InChI is InChI=1S/C23H17ClN4O3/c24-18-12-15(10-11-20(18)31-14-21(25)29)13-26-28-22(16-6-2-1-3-7-16)27-19-9-5-4-8-17(19)23(28)30/h1-13H,14H2,(H2,25,29). The van der Waals surface area contributed by atoms with E-state index in [1.807, 2.05) is 36.4 Å². The molecule has 4 rings (SSSR count). The lowest BCUT2D eigenvalue weighted by atomic mass is 10.2. The first kappa shape index (κ1) is 20.3. The van der Waals surface area contributed by atoms with Crippen molar-refractivity contribution in [3.8, 4) is 17.1 Å². The van der Waals surface area contributed by atoms with Crippen LogP contribution in [0, 0.1) is 0 Å². The second-order valence-corrected chi connectivity index (χ2v) is 7.03. The number of halogens is 1. The first-order chi connectivity index (χ1) is 15.0. The Morgan fingerprint density at radius 2 is 1.84 bits per heavy atom. The fourth-order valence-electron chi connectivity index (χ4n) is 2.99. The highest BCUT2D eigenvalue weighted by molar-refractivity contribution is 6.32. The van der Waals surface area contributed by atoms with E-state index < -0.39 is 5.91 Å². The summed E-state index contributed by atoms with van der Waals surface area (Å²) in [5.74, 6) is 0.151. The van der Waals surface area contributed by atoms with Crippen molar-refractivity contribution in [1.29, 1.82) is 0 Å². The third kappa shape index (κ3) is 4.46. The van der Waals surface area contributed by atoms with Gasteiger partial charge in [-0.1, -0.05) is 54.1 Å². The van der Waals surface area contributed by atoms with Crippen LogP contribution in [-0.4, -0.2) is 28.4 Å². The molecular weight excluding hydrogens is 416 g/mol. The minimum atomic E-state index is -0.599. The van der Waals surface area contributed by atoms with Crippen molar-refractivity contribution in [3.63, 3.8) is 0 Å². The normalized spacial score (nSPS) is 11.1. The van der Waals surface area contributed by atoms with Crippen LogP contribution in [0.5, 0.6) is 5.75 Å². The number of hydrogen-bond donors (Lipinski definition) is 1. The molecule has 2 N–H and O–H groups in total. The van der Waals surface area contributed by atoms with Gasteiger partial charge in [-0.05, 0) is 35.9 Å². The van der Waals surface area contributed by atoms with E-state index >= 15 is 0 Å². The molecule has 0 radical (unpaired) electrons. The fraction of sp³-hybridized carbons (Fsp3) is 0.0435. The molecule has 7 nitrogen and oxygen atoms in total. The Hall–Kier alpha value is -3.97. The fourth-order valence-corrected chi connectivity index (χ4v) is 3.24. The number of ether oxygens (including phenoxy) is 1. The third-order valence-electron chi connectivity index (χ3n) is 4.43. The van der Waals surface area contributed by atoms with Gasteiger partial charge in [-0.3, -0.25) is 9.59 Å². The van der Waals surface area contributed by atoms with Crippen molar-refractivity contribution in [2.75, 3.05) is 6.61 Å².